The molecule has 3 aromatic rings. The normalized spacial score (nSPS) is 21.8. The van der Waals surface area contributed by atoms with Crippen molar-refractivity contribution in [3.8, 4) is 11.8 Å². The van der Waals surface area contributed by atoms with Gasteiger partial charge in [-0.15, -0.1) is 0 Å². The van der Waals surface area contributed by atoms with Crippen LogP contribution in [0.25, 0.3) is 0 Å². The number of amides is 1. The molecule has 1 heterocycles. The zero-order valence-corrected chi connectivity index (χ0v) is 26.4. The lowest BCUT2D eigenvalue weighted by Crippen LogP contribution is -2.44. The molecule has 8 nitrogen and oxygen atoms in total. The molecular formula is C31H29Cl2F2N3O5S. The number of carbonyl (C=O) groups excluding carboxylic acids is 2. The Labute approximate surface area is 264 Å². The summed E-state index contributed by atoms with van der Waals surface area (Å²) in [5.74, 6) is -4.80. The van der Waals surface area contributed by atoms with Crippen LogP contribution >= 0.6 is 23.2 Å². The highest BCUT2D eigenvalue weighted by molar-refractivity contribution is 7.89. The number of sulfonamides is 1. The first-order chi connectivity index (χ1) is 20.5. The van der Waals surface area contributed by atoms with E-state index < -0.39 is 62.4 Å². The molecule has 0 aromatic heterocycles. The van der Waals surface area contributed by atoms with Gasteiger partial charge in [-0.2, -0.15) is 5.26 Å². The third-order valence-corrected chi connectivity index (χ3v) is 8.40. The molecule has 0 bridgehead atoms. The number of hydrogen-bond donors (Lipinski definition) is 2. The van der Waals surface area contributed by atoms with Crippen molar-refractivity contribution < 1.29 is 31.5 Å². The van der Waals surface area contributed by atoms with Gasteiger partial charge in [0.05, 0.1) is 17.3 Å². The highest BCUT2D eigenvalue weighted by atomic mass is 35.5. The van der Waals surface area contributed by atoms with Crippen molar-refractivity contribution in [2.24, 2.45) is 5.41 Å². The van der Waals surface area contributed by atoms with E-state index in [9.17, 15) is 23.3 Å². The third kappa shape index (κ3) is 6.89. The van der Waals surface area contributed by atoms with Crippen LogP contribution in [0.3, 0.4) is 0 Å². The predicted molar refractivity (Wildman–Crippen MR) is 162 cm³/mol. The zero-order valence-electron chi connectivity index (χ0n) is 24.1. The second kappa shape index (κ2) is 12.4. The summed E-state index contributed by atoms with van der Waals surface area (Å²) in [5.41, 5.74) is -2.44. The maximum absolute atomic E-state index is 15.8. The summed E-state index contributed by atoms with van der Waals surface area (Å²) in [6.45, 7) is 5.74. The Morgan fingerprint density at radius 3 is 2.32 bits per heavy atom. The lowest BCUT2D eigenvalue weighted by atomic mass is 9.62. The smallest absolute Gasteiger partial charge is 0.329 e. The molecule has 0 saturated carbocycles. The van der Waals surface area contributed by atoms with Gasteiger partial charge in [0.2, 0.25) is 10.0 Å². The van der Waals surface area contributed by atoms with E-state index in [2.05, 4.69) is 11.4 Å². The Bertz CT molecular complexity index is 1760. The SMILES string of the molecule is CC(C)(C)C[C@@H]1N[C@@H](C(=O)Oc2ccc(C(=O)NS(C)(=O)=O)cc2)[C@H](c2cccc(Cl)c2F)[C@@]1(C#N)c1ccc(Cl)cc1F. The monoisotopic (exact) mass is 663 g/mol. The fourth-order valence-corrected chi connectivity index (χ4v) is 6.41. The largest absolute Gasteiger partial charge is 0.425 e. The quantitative estimate of drug-likeness (QED) is 0.239. The van der Waals surface area contributed by atoms with Crippen LogP contribution in [0.15, 0.2) is 60.7 Å². The van der Waals surface area contributed by atoms with Crippen molar-refractivity contribution in [2.75, 3.05) is 6.26 Å². The number of nitrogens with one attached hydrogen (secondary N) is 2. The molecule has 2 N–H and O–H groups in total. The van der Waals surface area contributed by atoms with Gasteiger partial charge >= 0.3 is 5.97 Å². The minimum atomic E-state index is -3.80. The van der Waals surface area contributed by atoms with E-state index in [-0.39, 0.29) is 38.9 Å². The Morgan fingerprint density at radius 2 is 1.75 bits per heavy atom. The number of carbonyl (C=O) groups is 2. The van der Waals surface area contributed by atoms with Gasteiger partial charge in [0.25, 0.3) is 5.91 Å². The van der Waals surface area contributed by atoms with E-state index in [1.807, 2.05) is 25.5 Å². The summed E-state index contributed by atoms with van der Waals surface area (Å²) in [4.78, 5) is 26.0. The molecule has 1 amide bonds. The lowest BCUT2D eigenvalue weighted by Gasteiger charge is -2.37. The van der Waals surface area contributed by atoms with E-state index in [0.717, 1.165) is 12.3 Å². The van der Waals surface area contributed by atoms with Crippen LogP contribution in [-0.4, -0.2) is 38.6 Å². The van der Waals surface area contributed by atoms with Crippen LogP contribution in [-0.2, 0) is 20.2 Å². The average Bonchev–Trinajstić information content (AvgIpc) is 3.22. The fraction of sp³-hybridized carbons (Fsp3) is 0.323. The number of benzene rings is 3. The maximum Gasteiger partial charge on any atom is 0.329 e. The summed E-state index contributed by atoms with van der Waals surface area (Å²) in [7, 11) is -3.80. The molecule has 232 valence electrons. The van der Waals surface area contributed by atoms with Crippen molar-refractivity contribution in [3.05, 3.63) is 99.0 Å². The molecule has 4 rings (SSSR count). The number of ether oxygens (including phenoxy) is 1. The van der Waals surface area contributed by atoms with Gasteiger partial charge in [-0.3, -0.25) is 10.1 Å². The van der Waals surface area contributed by atoms with Crippen LogP contribution in [0.1, 0.15) is 54.6 Å². The van der Waals surface area contributed by atoms with E-state index in [1.54, 1.807) is 0 Å². The van der Waals surface area contributed by atoms with Gasteiger partial charge in [-0.1, -0.05) is 62.2 Å². The highest BCUT2D eigenvalue weighted by Gasteiger charge is 2.61. The van der Waals surface area contributed by atoms with Crippen molar-refractivity contribution in [2.45, 2.75) is 50.6 Å². The second-order valence-electron chi connectivity index (χ2n) is 11.8. The number of nitrogens with zero attached hydrogens (tertiary/aromatic N) is 1. The molecule has 44 heavy (non-hydrogen) atoms. The van der Waals surface area contributed by atoms with E-state index in [1.165, 1.54) is 54.6 Å². The molecule has 0 aliphatic carbocycles. The van der Waals surface area contributed by atoms with Crippen molar-refractivity contribution in [1.29, 1.82) is 5.26 Å². The molecule has 1 saturated heterocycles. The molecule has 3 aromatic carbocycles. The van der Waals surface area contributed by atoms with Gasteiger partial charge in [-0.05, 0) is 59.9 Å². The molecule has 0 radical (unpaired) electrons. The first-order valence-corrected chi connectivity index (χ1v) is 16.0. The van der Waals surface area contributed by atoms with Crippen LogP contribution in [0.4, 0.5) is 8.78 Å². The minimum Gasteiger partial charge on any atom is -0.425 e. The number of esters is 1. The highest BCUT2D eigenvalue weighted by Crippen LogP contribution is 2.53. The summed E-state index contributed by atoms with van der Waals surface area (Å²) in [6, 6.07) is 13.1. The molecule has 0 unspecified atom stereocenters. The number of hydrogen-bond acceptors (Lipinski definition) is 7. The van der Waals surface area contributed by atoms with Crippen LogP contribution in [0.5, 0.6) is 5.75 Å². The molecule has 13 heteroatoms. The third-order valence-electron chi connectivity index (χ3n) is 7.32. The number of halogens is 4. The topological polar surface area (TPSA) is 125 Å². The van der Waals surface area contributed by atoms with Crippen molar-refractivity contribution >= 4 is 45.1 Å². The predicted octanol–water partition coefficient (Wildman–Crippen LogP) is 5.89. The summed E-state index contributed by atoms with van der Waals surface area (Å²) in [5, 5.41) is 13.9. The van der Waals surface area contributed by atoms with Crippen LogP contribution < -0.4 is 14.8 Å². The fourth-order valence-electron chi connectivity index (χ4n) is 5.62. The summed E-state index contributed by atoms with van der Waals surface area (Å²) in [6.07, 6.45) is 1.11. The molecule has 1 fully saturated rings. The molecule has 1 aliphatic rings. The molecule has 0 spiro atoms. The number of nitriles is 1. The van der Waals surface area contributed by atoms with E-state index >= 15 is 8.78 Å². The first-order valence-electron chi connectivity index (χ1n) is 13.4. The standard InChI is InChI=1S/C31H29Cl2F2N3O5S/c1-30(2,3)15-24-31(16-36,21-13-10-18(32)14-23(21)34)25(20-6-5-7-22(33)26(20)35)27(37-24)29(40)43-19-11-8-17(9-12-19)28(39)38-44(4,41)42/h5-14,24-25,27,37H,15H2,1-4H3,(H,38,39)/t24-,25-,27+,31-/m0/s1. The Balaban J connectivity index is 1.84. The minimum absolute atomic E-state index is 0.0138. The van der Waals surface area contributed by atoms with Gasteiger partial charge in [0.15, 0.2) is 0 Å². The summed E-state index contributed by atoms with van der Waals surface area (Å²) >= 11 is 12.2. The molecule has 4 atom stereocenters. The van der Waals surface area contributed by atoms with E-state index in [0.29, 0.717) is 0 Å². The van der Waals surface area contributed by atoms with Crippen LogP contribution in [0.2, 0.25) is 10.0 Å². The van der Waals surface area contributed by atoms with Crippen LogP contribution in [0, 0.1) is 28.4 Å². The van der Waals surface area contributed by atoms with Crippen molar-refractivity contribution in [1.82, 2.24) is 10.0 Å². The number of rotatable bonds is 7. The molecular weight excluding hydrogens is 635 g/mol. The lowest BCUT2D eigenvalue weighted by molar-refractivity contribution is -0.136. The Morgan fingerprint density at radius 1 is 1.09 bits per heavy atom. The van der Waals surface area contributed by atoms with E-state index in [4.69, 9.17) is 27.9 Å². The van der Waals surface area contributed by atoms with Crippen molar-refractivity contribution in [3.63, 3.8) is 0 Å². The van der Waals surface area contributed by atoms with Gasteiger partial charge in [0.1, 0.15) is 28.8 Å². The summed E-state index contributed by atoms with van der Waals surface area (Å²) < 4.78 is 61.7. The zero-order chi connectivity index (χ0) is 32.6. The average molecular weight is 665 g/mol. The maximum atomic E-state index is 15.8. The Hall–Kier alpha value is -3.56. The van der Waals surface area contributed by atoms with Gasteiger partial charge < -0.3 is 4.74 Å². The first kappa shape index (κ1) is 33.3. The molecule has 1 aliphatic heterocycles. The second-order valence-corrected chi connectivity index (χ2v) is 14.4. The van der Waals surface area contributed by atoms with Gasteiger partial charge in [-0.25, -0.2) is 26.7 Å². The van der Waals surface area contributed by atoms with Gasteiger partial charge in [0, 0.05) is 28.1 Å². The Kier molecular flexibility index (Phi) is 9.43.